The van der Waals surface area contributed by atoms with E-state index in [0.29, 0.717) is 0 Å². The summed E-state index contributed by atoms with van der Waals surface area (Å²) in [6.07, 6.45) is -2.25. The van der Waals surface area contributed by atoms with Crippen molar-refractivity contribution in [3.8, 4) is 0 Å². The number of hydrogen-bond acceptors (Lipinski definition) is 4. The highest BCUT2D eigenvalue weighted by atomic mass is 16.5. The second-order valence-electron chi connectivity index (χ2n) is 2.96. The normalized spacial score (nSPS) is 17.5. The van der Waals surface area contributed by atoms with E-state index in [0.717, 1.165) is 0 Å². The summed E-state index contributed by atoms with van der Waals surface area (Å²) in [6.45, 7) is 3.63. The molecule has 4 N–H and O–H groups in total. The Morgan fingerprint density at radius 3 is 1.64 bits per heavy atom. The molecule has 0 aliphatic heterocycles. The third-order valence-electron chi connectivity index (χ3n) is 1.71. The Balaban J connectivity index is 4.02. The van der Waals surface area contributed by atoms with Crippen molar-refractivity contribution in [2.75, 3.05) is 7.05 Å². The molecule has 2 unspecified atom stereocenters. The van der Waals surface area contributed by atoms with Gasteiger partial charge in [0.1, 0.15) is 0 Å². The van der Waals surface area contributed by atoms with Gasteiger partial charge in [-0.2, -0.15) is 0 Å². The molecule has 11 heavy (non-hydrogen) atoms. The maximum absolute atomic E-state index is 9.37. The van der Waals surface area contributed by atoms with Crippen LogP contribution in [0.25, 0.3) is 0 Å². The lowest BCUT2D eigenvalue weighted by Gasteiger charge is -2.26. The van der Waals surface area contributed by atoms with Crippen molar-refractivity contribution < 1.29 is 15.3 Å². The molecule has 68 valence electrons. The standard InChI is InChI=1S/C7H17NO3/c1-4(2)6(9)5(8-3)7(10)11/h4-11H,1-3H3. The Kier molecular flexibility index (Phi) is 4.60. The molecule has 0 saturated carbocycles. The molecule has 0 aromatic heterocycles. The van der Waals surface area contributed by atoms with Crippen molar-refractivity contribution >= 4 is 0 Å². The van der Waals surface area contributed by atoms with Crippen LogP contribution in [-0.4, -0.2) is 40.8 Å². The zero-order valence-corrected chi connectivity index (χ0v) is 7.15. The van der Waals surface area contributed by atoms with E-state index in [-0.39, 0.29) is 5.92 Å². The molecule has 0 aromatic rings. The van der Waals surface area contributed by atoms with Crippen LogP contribution >= 0.6 is 0 Å². The van der Waals surface area contributed by atoms with Gasteiger partial charge >= 0.3 is 0 Å². The summed E-state index contributed by atoms with van der Waals surface area (Å²) in [7, 11) is 1.58. The highest BCUT2D eigenvalue weighted by Crippen LogP contribution is 2.07. The van der Waals surface area contributed by atoms with Gasteiger partial charge in [0.25, 0.3) is 0 Å². The first-order valence-electron chi connectivity index (χ1n) is 3.72. The molecule has 4 heteroatoms. The lowest BCUT2D eigenvalue weighted by molar-refractivity contribution is -0.102. The van der Waals surface area contributed by atoms with Gasteiger partial charge in [0.05, 0.1) is 12.1 Å². The largest absolute Gasteiger partial charge is 0.391 e. The average Bonchev–Trinajstić information content (AvgIpc) is 1.88. The highest BCUT2D eigenvalue weighted by molar-refractivity contribution is 4.77. The molecular weight excluding hydrogens is 146 g/mol. The van der Waals surface area contributed by atoms with E-state index in [1.807, 2.05) is 13.8 Å². The second-order valence-corrected chi connectivity index (χ2v) is 2.96. The Hall–Kier alpha value is -0.160. The minimum atomic E-state index is -1.52. The lowest BCUT2D eigenvalue weighted by Crippen LogP contribution is -2.48. The van der Waals surface area contributed by atoms with E-state index in [1.54, 1.807) is 7.05 Å². The Labute approximate surface area is 66.9 Å². The van der Waals surface area contributed by atoms with Crippen LogP contribution in [0, 0.1) is 5.92 Å². The lowest BCUT2D eigenvalue weighted by atomic mass is 9.99. The summed E-state index contributed by atoms with van der Waals surface area (Å²) in [5.74, 6) is 0.00856. The predicted octanol–water partition coefficient (Wildman–Crippen LogP) is -1.10. The first kappa shape index (κ1) is 10.8. The van der Waals surface area contributed by atoms with Gasteiger partial charge in [0, 0.05) is 0 Å². The van der Waals surface area contributed by atoms with E-state index in [4.69, 9.17) is 10.2 Å². The van der Waals surface area contributed by atoms with E-state index in [2.05, 4.69) is 5.32 Å². The molecule has 0 rings (SSSR count). The molecule has 0 heterocycles. The van der Waals surface area contributed by atoms with Gasteiger partial charge < -0.3 is 20.6 Å². The van der Waals surface area contributed by atoms with Gasteiger partial charge in [-0.3, -0.25) is 0 Å². The van der Waals surface area contributed by atoms with E-state index in [9.17, 15) is 5.11 Å². The Morgan fingerprint density at radius 2 is 1.55 bits per heavy atom. The van der Waals surface area contributed by atoms with Gasteiger partial charge in [0.2, 0.25) is 0 Å². The van der Waals surface area contributed by atoms with Gasteiger partial charge in [-0.05, 0) is 13.0 Å². The van der Waals surface area contributed by atoms with Crippen molar-refractivity contribution in [3.05, 3.63) is 0 Å². The summed E-state index contributed by atoms with van der Waals surface area (Å²) in [5, 5.41) is 29.5. The molecule has 0 aliphatic rings. The van der Waals surface area contributed by atoms with Gasteiger partial charge in [-0.1, -0.05) is 13.8 Å². The highest BCUT2D eigenvalue weighted by Gasteiger charge is 2.25. The number of likely N-dealkylation sites (N-methyl/N-ethyl adjacent to an activating group) is 1. The molecular formula is C7H17NO3. The zero-order chi connectivity index (χ0) is 9.02. The fourth-order valence-corrected chi connectivity index (χ4v) is 0.911. The van der Waals surface area contributed by atoms with Crippen LogP contribution in [0.1, 0.15) is 13.8 Å². The summed E-state index contributed by atoms with van der Waals surface area (Å²) < 4.78 is 0. The Morgan fingerprint density at radius 1 is 1.09 bits per heavy atom. The Bertz CT molecular complexity index is 106. The van der Waals surface area contributed by atoms with Crippen molar-refractivity contribution in [1.82, 2.24) is 5.32 Å². The minimum Gasteiger partial charge on any atom is -0.391 e. The second kappa shape index (κ2) is 4.66. The van der Waals surface area contributed by atoms with Crippen molar-refractivity contribution in [2.24, 2.45) is 5.92 Å². The molecule has 0 aromatic carbocycles. The fourth-order valence-electron chi connectivity index (χ4n) is 0.911. The topological polar surface area (TPSA) is 72.7 Å². The van der Waals surface area contributed by atoms with Crippen molar-refractivity contribution in [2.45, 2.75) is 32.3 Å². The van der Waals surface area contributed by atoms with E-state index >= 15 is 0 Å². The summed E-state index contributed by atoms with van der Waals surface area (Å²) in [4.78, 5) is 0. The van der Waals surface area contributed by atoms with Gasteiger partial charge in [0.15, 0.2) is 6.29 Å². The van der Waals surface area contributed by atoms with Gasteiger partial charge in [-0.15, -0.1) is 0 Å². The zero-order valence-electron chi connectivity index (χ0n) is 7.15. The molecule has 0 fully saturated rings. The third-order valence-corrected chi connectivity index (χ3v) is 1.71. The van der Waals surface area contributed by atoms with Crippen LogP contribution in [0.15, 0.2) is 0 Å². The maximum Gasteiger partial charge on any atom is 0.169 e. The van der Waals surface area contributed by atoms with Crippen molar-refractivity contribution in [1.29, 1.82) is 0 Å². The number of aliphatic hydroxyl groups is 3. The molecule has 0 spiro atoms. The maximum atomic E-state index is 9.37. The van der Waals surface area contributed by atoms with Crippen LogP contribution in [-0.2, 0) is 0 Å². The van der Waals surface area contributed by atoms with Crippen molar-refractivity contribution in [3.63, 3.8) is 0 Å². The van der Waals surface area contributed by atoms with E-state index < -0.39 is 18.4 Å². The molecule has 0 saturated heterocycles. The minimum absolute atomic E-state index is 0.00856. The number of rotatable bonds is 4. The predicted molar refractivity (Wildman–Crippen MR) is 41.9 cm³/mol. The molecule has 2 atom stereocenters. The number of aliphatic hydroxyl groups excluding tert-OH is 2. The monoisotopic (exact) mass is 163 g/mol. The van der Waals surface area contributed by atoms with Crippen LogP contribution in [0.5, 0.6) is 0 Å². The first-order valence-corrected chi connectivity index (χ1v) is 3.72. The van der Waals surface area contributed by atoms with Crippen LogP contribution < -0.4 is 5.32 Å². The average molecular weight is 163 g/mol. The molecule has 0 aliphatic carbocycles. The SMILES string of the molecule is CNC(C(O)O)C(O)C(C)C. The van der Waals surface area contributed by atoms with Gasteiger partial charge in [-0.25, -0.2) is 0 Å². The number of hydrogen-bond donors (Lipinski definition) is 4. The quantitative estimate of drug-likeness (QED) is 0.397. The summed E-state index contributed by atoms with van der Waals surface area (Å²) in [5.41, 5.74) is 0. The fraction of sp³-hybridized carbons (Fsp3) is 1.00. The molecule has 0 bridgehead atoms. The van der Waals surface area contributed by atoms with Crippen LogP contribution in [0.3, 0.4) is 0 Å². The molecule has 0 radical (unpaired) electrons. The molecule has 0 amide bonds. The first-order chi connectivity index (χ1) is 5.00. The number of nitrogens with one attached hydrogen (secondary N) is 1. The molecule has 4 nitrogen and oxygen atoms in total. The third kappa shape index (κ3) is 3.16. The van der Waals surface area contributed by atoms with E-state index in [1.165, 1.54) is 0 Å². The smallest absolute Gasteiger partial charge is 0.169 e. The summed E-state index contributed by atoms with van der Waals surface area (Å²) in [6, 6.07) is -0.671. The van der Waals surface area contributed by atoms with Crippen LogP contribution in [0.4, 0.5) is 0 Å². The summed E-state index contributed by atoms with van der Waals surface area (Å²) >= 11 is 0. The van der Waals surface area contributed by atoms with Crippen LogP contribution in [0.2, 0.25) is 0 Å².